The van der Waals surface area contributed by atoms with Gasteiger partial charge in [0.2, 0.25) is 0 Å². The number of carbonyl (C=O) groups is 1. The van der Waals surface area contributed by atoms with Crippen molar-refractivity contribution in [3.63, 3.8) is 0 Å². The first-order valence-corrected chi connectivity index (χ1v) is 14.2. The van der Waals surface area contributed by atoms with Gasteiger partial charge in [-0.2, -0.15) is 5.10 Å². The maximum absolute atomic E-state index is 13.6. The van der Waals surface area contributed by atoms with E-state index in [4.69, 9.17) is 9.84 Å². The van der Waals surface area contributed by atoms with Crippen LogP contribution in [0.15, 0.2) is 59.5 Å². The summed E-state index contributed by atoms with van der Waals surface area (Å²) < 4.78 is 33.9. The number of benzene rings is 2. The van der Waals surface area contributed by atoms with Gasteiger partial charge in [-0.05, 0) is 31.0 Å². The van der Waals surface area contributed by atoms with Gasteiger partial charge >= 0.3 is 0 Å². The molecular weight excluding hydrogens is 476 g/mol. The third-order valence-corrected chi connectivity index (χ3v) is 9.09. The van der Waals surface area contributed by atoms with Gasteiger partial charge in [-0.1, -0.05) is 48.5 Å². The minimum Gasteiger partial charge on any atom is -0.378 e. The Balaban J connectivity index is 1.41. The van der Waals surface area contributed by atoms with Gasteiger partial charge in [0.05, 0.1) is 35.6 Å². The number of likely N-dealkylation sites (tertiary alicyclic amines) is 1. The summed E-state index contributed by atoms with van der Waals surface area (Å²) in [5, 5.41) is 4.89. The molecule has 188 valence electrons. The first kappa shape index (κ1) is 23.4. The van der Waals surface area contributed by atoms with E-state index in [-0.39, 0.29) is 23.4 Å². The van der Waals surface area contributed by atoms with Crippen molar-refractivity contribution in [2.75, 3.05) is 39.4 Å². The number of morpholine rings is 1. The molecule has 8 nitrogen and oxygen atoms in total. The van der Waals surface area contributed by atoms with Crippen LogP contribution in [0.2, 0.25) is 0 Å². The Labute approximate surface area is 211 Å². The standard InChI is InChI=1S/C27H30N4O4S/c32-27(30-13-15-35-16-14-30)25-23-19-36(33,34)24-11-5-4-10-22(24)26(23)31(28-25)21-9-6-12-29(18-21)17-20-7-2-1-3-8-20/h1-5,7-8,10-11,21H,6,9,12-19H2. The van der Waals surface area contributed by atoms with E-state index in [9.17, 15) is 13.2 Å². The Morgan fingerprint density at radius 1 is 1.00 bits per heavy atom. The molecule has 1 unspecified atom stereocenters. The highest BCUT2D eigenvalue weighted by atomic mass is 32.2. The molecule has 0 radical (unpaired) electrons. The average molecular weight is 507 g/mol. The molecule has 0 aliphatic carbocycles. The van der Waals surface area contributed by atoms with Crippen LogP contribution in [0.5, 0.6) is 0 Å². The summed E-state index contributed by atoms with van der Waals surface area (Å²) in [6.07, 6.45) is 1.94. The normalized spacial score (nSPS) is 21.6. The SMILES string of the molecule is O=C(c1nn(C2CCCN(Cc3ccccc3)C2)c2c1CS(=O)(=O)c1ccccc1-2)N1CCOCC1. The van der Waals surface area contributed by atoms with Crippen molar-refractivity contribution >= 4 is 15.7 Å². The van der Waals surface area contributed by atoms with Crippen LogP contribution in [0, 0.1) is 0 Å². The molecule has 0 spiro atoms. The quantitative estimate of drug-likeness (QED) is 0.541. The van der Waals surface area contributed by atoms with E-state index in [2.05, 4.69) is 29.2 Å². The number of ether oxygens (including phenoxy) is 1. The van der Waals surface area contributed by atoms with Crippen molar-refractivity contribution in [2.45, 2.75) is 36.1 Å². The van der Waals surface area contributed by atoms with Crippen LogP contribution >= 0.6 is 0 Å². The molecule has 0 saturated carbocycles. The molecule has 1 atom stereocenters. The lowest BCUT2D eigenvalue weighted by atomic mass is 10.0. The van der Waals surface area contributed by atoms with Crippen molar-refractivity contribution < 1.29 is 17.9 Å². The molecular formula is C27H30N4O4S. The van der Waals surface area contributed by atoms with Gasteiger partial charge < -0.3 is 9.64 Å². The Morgan fingerprint density at radius 3 is 2.56 bits per heavy atom. The zero-order valence-corrected chi connectivity index (χ0v) is 21.0. The smallest absolute Gasteiger partial charge is 0.274 e. The van der Waals surface area contributed by atoms with Gasteiger partial charge in [-0.25, -0.2) is 8.42 Å². The lowest BCUT2D eigenvalue weighted by Gasteiger charge is -2.34. The summed E-state index contributed by atoms with van der Waals surface area (Å²) in [5.74, 6) is -0.412. The van der Waals surface area contributed by atoms with Gasteiger partial charge in [0.25, 0.3) is 5.91 Å². The number of amides is 1. The Hall–Kier alpha value is -3.01. The van der Waals surface area contributed by atoms with Gasteiger partial charge in [0.15, 0.2) is 15.5 Å². The maximum atomic E-state index is 13.6. The van der Waals surface area contributed by atoms with Crippen LogP contribution in [-0.4, -0.2) is 73.3 Å². The number of piperidine rings is 1. The topological polar surface area (TPSA) is 84.7 Å². The van der Waals surface area contributed by atoms with Crippen molar-refractivity contribution in [1.29, 1.82) is 0 Å². The summed E-state index contributed by atoms with van der Waals surface area (Å²) in [6, 6.07) is 17.6. The second-order valence-electron chi connectivity index (χ2n) is 9.80. The van der Waals surface area contributed by atoms with Crippen molar-refractivity contribution in [3.8, 4) is 11.3 Å². The summed E-state index contributed by atoms with van der Waals surface area (Å²) in [5.41, 5.74) is 3.49. The molecule has 4 heterocycles. The number of sulfone groups is 1. The summed E-state index contributed by atoms with van der Waals surface area (Å²) in [4.78, 5) is 18.1. The summed E-state index contributed by atoms with van der Waals surface area (Å²) in [6.45, 7) is 4.57. The molecule has 3 aliphatic rings. The highest BCUT2D eigenvalue weighted by Gasteiger charge is 2.38. The Kier molecular flexibility index (Phi) is 6.15. The molecule has 36 heavy (non-hydrogen) atoms. The predicted molar refractivity (Wildman–Crippen MR) is 135 cm³/mol. The lowest BCUT2D eigenvalue weighted by molar-refractivity contribution is 0.0297. The van der Waals surface area contributed by atoms with E-state index in [1.165, 1.54) is 5.56 Å². The van der Waals surface area contributed by atoms with Gasteiger partial charge in [0, 0.05) is 37.3 Å². The monoisotopic (exact) mass is 506 g/mol. The molecule has 2 saturated heterocycles. The number of carbonyl (C=O) groups excluding carboxylic acids is 1. The first-order valence-electron chi connectivity index (χ1n) is 12.6. The molecule has 3 aliphatic heterocycles. The van der Waals surface area contributed by atoms with E-state index < -0.39 is 9.84 Å². The van der Waals surface area contributed by atoms with E-state index in [1.54, 1.807) is 17.0 Å². The Morgan fingerprint density at radius 2 is 1.75 bits per heavy atom. The average Bonchev–Trinajstić information content (AvgIpc) is 3.28. The third kappa shape index (κ3) is 4.25. The van der Waals surface area contributed by atoms with Gasteiger partial charge in [-0.3, -0.25) is 14.4 Å². The molecule has 3 aromatic rings. The lowest BCUT2D eigenvalue weighted by Crippen LogP contribution is -2.41. The molecule has 1 amide bonds. The van der Waals surface area contributed by atoms with E-state index in [0.29, 0.717) is 42.3 Å². The number of hydrogen-bond acceptors (Lipinski definition) is 6. The highest BCUT2D eigenvalue weighted by Crippen LogP contribution is 2.42. The summed E-state index contributed by atoms with van der Waals surface area (Å²) >= 11 is 0. The van der Waals surface area contributed by atoms with Crippen molar-refractivity contribution in [1.82, 2.24) is 19.6 Å². The van der Waals surface area contributed by atoms with Crippen LogP contribution in [0.25, 0.3) is 11.3 Å². The molecule has 2 aromatic carbocycles. The zero-order valence-electron chi connectivity index (χ0n) is 20.2. The fourth-order valence-electron chi connectivity index (χ4n) is 5.66. The van der Waals surface area contributed by atoms with E-state index in [0.717, 1.165) is 38.2 Å². The van der Waals surface area contributed by atoms with Crippen molar-refractivity contribution in [2.24, 2.45) is 0 Å². The highest BCUT2D eigenvalue weighted by molar-refractivity contribution is 7.90. The first-order chi connectivity index (χ1) is 17.5. The Bertz CT molecular complexity index is 1380. The molecule has 9 heteroatoms. The fraction of sp³-hybridized carbons (Fsp3) is 0.407. The van der Waals surface area contributed by atoms with Crippen LogP contribution in [0.4, 0.5) is 0 Å². The minimum atomic E-state index is -3.57. The number of rotatable bonds is 4. The second kappa shape index (κ2) is 9.46. The predicted octanol–water partition coefficient (Wildman–Crippen LogP) is 3.15. The largest absolute Gasteiger partial charge is 0.378 e. The fourth-order valence-corrected chi connectivity index (χ4v) is 7.26. The van der Waals surface area contributed by atoms with E-state index in [1.807, 2.05) is 22.9 Å². The van der Waals surface area contributed by atoms with Crippen LogP contribution < -0.4 is 0 Å². The number of hydrogen-bond donors (Lipinski definition) is 0. The van der Waals surface area contributed by atoms with Crippen LogP contribution in [0.1, 0.15) is 40.5 Å². The number of nitrogens with zero attached hydrogens (tertiary/aromatic N) is 4. The zero-order chi connectivity index (χ0) is 24.7. The molecule has 0 bridgehead atoms. The van der Waals surface area contributed by atoms with Gasteiger partial charge in [-0.15, -0.1) is 0 Å². The number of aromatic nitrogens is 2. The van der Waals surface area contributed by atoms with Crippen LogP contribution in [-0.2, 0) is 26.9 Å². The van der Waals surface area contributed by atoms with E-state index >= 15 is 0 Å². The number of fused-ring (bicyclic) bond motifs is 3. The maximum Gasteiger partial charge on any atom is 0.274 e. The summed E-state index contributed by atoms with van der Waals surface area (Å²) in [7, 11) is -3.57. The van der Waals surface area contributed by atoms with Crippen molar-refractivity contribution in [3.05, 3.63) is 71.4 Å². The second-order valence-corrected chi connectivity index (χ2v) is 11.8. The molecule has 6 rings (SSSR count). The minimum absolute atomic E-state index is 0.0521. The third-order valence-electron chi connectivity index (χ3n) is 7.40. The molecule has 2 fully saturated rings. The molecule has 0 N–H and O–H groups in total. The molecule has 1 aromatic heterocycles. The van der Waals surface area contributed by atoms with Crippen LogP contribution in [0.3, 0.4) is 0 Å². The van der Waals surface area contributed by atoms with Gasteiger partial charge in [0.1, 0.15) is 0 Å².